The first-order valence-corrected chi connectivity index (χ1v) is 10.7. The quantitative estimate of drug-likeness (QED) is 0.315. The van der Waals surface area contributed by atoms with Crippen LogP contribution in [0, 0.1) is 0 Å². The normalized spacial score (nSPS) is 16.4. The number of carbonyl (C=O) groups excluding carboxylic acids is 3. The molecule has 2 unspecified atom stereocenters. The minimum Gasteiger partial charge on any atom is -0.487 e. The molecule has 0 N–H and O–H groups in total. The highest BCUT2D eigenvalue weighted by Crippen LogP contribution is 2.26. The van der Waals surface area contributed by atoms with Crippen molar-refractivity contribution in [3.05, 3.63) is 77.9 Å². The van der Waals surface area contributed by atoms with Crippen molar-refractivity contribution in [2.75, 3.05) is 6.61 Å². The highest BCUT2D eigenvalue weighted by molar-refractivity contribution is 5.91. The van der Waals surface area contributed by atoms with Crippen molar-refractivity contribution < 1.29 is 33.3 Å². The van der Waals surface area contributed by atoms with Crippen molar-refractivity contribution in [1.82, 2.24) is 0 Å². The van der Waals surface area contributed by atoms with Crippen molar-refractivity contribution in [1.29, 1.82) is 0 Å². The van der Waals surface area contributed by atoms with Gasteiger partial charge < -0.3 is 18.9 Å². The van der Waals surface area contributed by atoms with Gasteiger partial charge in [0, 0.05) is 18.1 Å². The summed E-state index contributed by atoms with van der Waals surface area (Å²) in [5, 5.41) is 0. The predicted octanol–water partition coefficient (Wildman–Crippen LogP) is 4.51. The molecule has 3 rings (SSSR count). The molecule has 0 bridgehead atoms. The van der Waals surface area contributed by atoms with Gasteiger partial charge in [-0.3, -0.25) is 0 Å². The summed E-state index contributed by atoms with van der Waals surface area (Å²) in [6.07, 6.45) is 3.38. The van der Waals surface area contributed by atoms with Gasteiger partial charge in [-0.15, -0.1) is 0 Å². The van der Waals surface area contributed by atoms with E-state index in [0.29, 0.717) is 42.1 Å². The molecule has 0 aromatic heterocycles. The SMILES string of the molecule is C=C1CC(C(CC)Oc2ccc(C(=O)Oc3ccc(/C=C/C(=O)OCC)cc3)cc2)OC1=O. The maximum Gasteiger partial charge on any atom is 0.343 e. The lowest BCUT2D eigenvalue weighted by atomic mass is 10.1. The van der Waals surface area contributed by atoms with Crippen LogP contribution in [0.2, 0.25) is 0 Å². The second kappa shape index (κ2) is 11.1. The molecule has 2 aromatic carbocycles. The lowest BCUT2D eigenvalue weighted by Crippen LogP contribution is -2.31. The zero-order chi connectivity index (χ0) is 23.8. The van der Waals surface area contributed by atoms with Crippen LogP contribution >= 0.6 is 0 Å². The number of ether oxygens (including phenoxy) is 4. The molecule has 0 saturated carbocycles. The standard InChI is InChI=1S/C26H26O7/c1-4-22(23-16-17(3)25(28)33-23)31-20-13-9-19(10-14-20)26(29)32-21-11-6-18(7-12-21)8-15-24(27)30-5-2/h6-15,22-23H,3-5,16H2,1-2H3/b15-8+. The first-order valence-electron chi connectivity index (χ1n) is 10.7. The van der Waals surface area contributed by atoms with Gasteiger partial charge in [0.2, 0.25) is 0 Å². The molecule has 1 aliphatic heterocycles. The monoisotopic (exact) mass is 450 g/mol. The van der Waals surface area contributed by atoms with Crippen LogP contribution in [-0.4, -0.2) is 36.7 Å². The summed E-state index contributed by atoms with van der Waals surface area (Å²) < 4.78 is 21.5. The molecule has 172 valence electrons. The van der Waals surface area contributed by atoms with E-state index in [-0.39, 0.29) is 18.2 Å². The molecule has 0 amide bonds. The van der Waals surface area contributed by atoms with Crippen molar-refractivity contribution in [2.45, 2.75) is 38.9 Å². The van der Waals surface area contributed by atoms with Gasteiger partial charge in [0.1, 0.15) is 23.7 Å². The Hall–Kier alpha value is -3.87. The lowest BCUT2D eigenvalue weighted by molar-refractivity contribution is -0.142. The van der Waals surface area contributed by atoms with E-state index in [1.807, 2.05) is 6.92 Å². The van der Waals surface area contributed by atoms with E-state index in [1.165, 1.54) is 6.08 Å². The third kappa shape index (κ3) is 6.55. The molecular weight excluding hydrogens is 424 g/mol. The van der Waals surface area contributed by atoms with E-state index in [2.05, 4.69) is 6.58 Å². The maximum atomic E-state index is 12.5. The third-order valence-corrected chi connectivity index (χ3v) is 4.98. The lowest BCUT2D eigenvalue weighted by Gasteiger charge is -2.22. The second-order valence-corrected chi connectivity index (χ2v) is 7.38. The molecule has 7 heteroatoms. The van der Waals surface area contributed by atoms with E-state index in [9.17, 15) is 14.4 Å². The van der Waals surface area contributed by atoms with Gasteiger partial charge in [-0.05, 0) is 61.4 Å². The average molecular weight is 450 g/mol. The van der Waals surface area contributed by atoms with E-state index >= 15 is 0 Å². The highest BCUT2D eigenvalue weighted by atomic mass is 16.6. The van der Waals surface area contributed by atoms with E-state index in [4.69, 9.17) is 18.9 Å². The summed E-state index contributed by atoms with van der Waals surface area (Å²) in [7, 11) is 0. The largest absolute Gasteiger partial charge is 0.487 e. The van der Waals surface area contributed by atoms with Gasteiger partial charge in [0.15, 0.2) is 0 Å². The van der Waals surface area contributed by atoms with E-state index in [1.54, 1.807) is 61.5 Å². The van der Waals surface area contributed by atoms with Crippen LogP contribution in [0.4, 0.5) is 0 Å². The minimum absolute atomic E-state index is 0.303. The van der Waals surface area contributed by atoms with Crippen LogP contribution in [0.15, 0.2) is 66.8 Å². The summed E-state index contributed by atoms with van der Waals surface area (Å²) in [5.41, 5.74) is 1.58. The Kier molecular flexibility index (Phi) is 8.02. The van der Waals surface area contributed by atoms with Crippen LogP contribution in [0.25, 0.3) is 6.08 Å². The fourth-order valence-corrected chi connectivity index (χ4v) is 3.23. The average Bonchev–Trinajstić information content (AvgIpc) is 3.15. The Bertz CT molecular complexity index is 1020. The Balaban J connectivity index is 1.56. The first-order chi connectivity index (χ1) is 15.9. The molecule has 1 fully saturated rings. The van der Waals surface area contributed by atoms with Gasteiger partial charge in [0.05, 0.1) is 12.2 Å². The molecule has 1 heterocycles. The summed E-state index contributed by atoms with van der Waals surface area (Å²) in [5.74, 6) is -0.374. The van der Waals surface area contributed by atoms with Gasteiger partial charge >= 0.3 is 17.9 Å². The predicted molar refractivity (Wildman–Crippen MR) is 122 cm³/mol. The van der Waals surface area contributed by atoms with Gasteiger partial charge in [-0.2, -0.15) is 0 Å². The maximum absolute atomic E-state index is 12.5. The number of hydrogen-bond acceptors (Lipinski definition) is 7. The molecule has 1 aliphatic rings. The second-order valence-electron chi connectivity index (χ2n) is 7.38. The molecule has 7 nitrogen and oxygen atoms in total. The minimum atomic E-state index is -0.510. The van der Waals surface area contributed by atoms with Crippen molar-refractivity contribution >= 4 is 24.0 Å². The fourth-order valence-electron chi connectivity index (χ4n) is 3.23. The third-order valence-electron chi connectivity index (χ3n) is 4.98. The molecule has 0 radical (unpaired) electrons. The van der Waals surface area contributed by atoms with Crippen LogP contribution in [0.3, 0.4) is 0 Å². The molecule has 2 atom stereocenters. The first kappa shape index (κ1) is 23.8. The van der Waals surface area contributed by atoms with Crippen LogP contribution in [-0.2, 0) is 19.1 Å². The van der Waals surface area contributed by atoms with Crippen LogP contribution < -0.4 is 9.47 Å². The van der Waals surface area contributed by atoms with Crippen molar-refractivity contribution in [3.63, 3.8) is 0 Å². The number of esters is 3. The number of carbonyl (C=O) groups is 3. The number of cyclic esters (lactones) is 1. The number of rotatable bonds is 9. The Labute approximate surface area is 192 Å². The molecule has 2 aromatic rings. The van der Waals surface area contributed by atoms with Gasteiger partial charge in [-0.1, -0.05) is 25.6 Å². The summed E-state index contributed by atoms with van der Waals surface area (Å²) in [6, 6.07) is 13.3. The Morgan fingerprint density at radius 2 is 1.76 bits per heavy atom. The smallest absolute Gasteiger partial charge is 0.343 e. The molecule has 0 aliphatic carbocycles. The number of hydrogen-bond donors (Lipinski definition) is 0. The number of benzene rings is 2. The molecular formula is C26H26O7. The summed E-state index contributed by atoms with van der Waals surface area (Å²) >= 11 is 0. The molecule has 0 spiro atoms. The zero-order valence-electron chi connectivity index (χ0n) is 18.6. The van der Waals surface area contributed by atoms with Crippen molar-refractivity contribution in [3.8, 4) is 11.5 Å². The summed E-state index contributed by atoms with van der Waals surface area (Å²) in [6.45, 7) is 7.70. The van der Waals surface area contributed by atoms with E-state index < -0.39 is 11.9 Å². The Morgan fingerprint density at radius 3 is 2.33 bits per heavy atom. The summed E-state index contributed by atoms with van der Waals surface area (Å²) in [4.78, 5) is 35.4. The van der Waals surface area contributed by atoms with Gasteiger partial charge in [0.25, 0.3) is 0 Å². The van der Waals surface area contributed by atoms with Crippen molar-refractivity contribution in [2.24, 2.45) is 0 Å². The molecule has 1 saturated heterocycles. The van der Waals surface area contributed by atoms with Gasteiger partial charge in [-0.25, -0.2) is 14.4 Å². The topological polar surface area (TPSA) is 88.1 Å². The van der Waals surface area contributed by atoms with E-state index in [0.717, 1.165) is 5.56 Å². The van der Waals surface area contributed by atoms with Crippen LogP contribution in [0.5, 0.6) is 11.5 Å². The molecule has 33 heavy (non-hydrogen) atoms. The fraction of sp³-hybridized carbons (Fsp3) is 0.269. The Morgan fingerprint density at radius 1 is 1.09 bits per heavy atom. The highest BCUT2D eigenvalue weighted by Gasteiger charge is 2.34. The zero-order valence-corrected chi connectivity index (χ0v) is 18.6. The van der Waals surface area contributed by atoms with Crippen LogP contribution in [0.1, 0.15) is 42.6 Å².